The highest BCUT2D eigenvalue weighted by atomic mass is 16.6. The number of hydrogen-bond donors (Lipinski definition) is 2. The van der Waals surface area contributed by atoms with E-state index in [-0.39, 0.29) is 5.91 Å². The molecule has 0 aliphatic carbocycles. The van der Waals surface area contributed by atoms with Crippen molar-refractivity contribution in [3.05, 3.63) is 72.9 Å². The minimum Gasteiger partial charge on any atom is -0.462 e. The van der Waals surface area contributed by atoms with Gasteiger partial charge < -0.3 is 25.0 Å². The maximum atomic E-state index is 12.6. The molecule has 1 aliphatic rings. The number of benzene rings is 2. The van der Waals surface area contributed by atoms with Crippen LogP contribution in [0.2, 0.25) is 0 Å². The summed E-state index contributed by atoms with van der Waals surface area (Å²) in [5, 5.41) is 16.9. The minimum absolute atomic E-state index is 0.278. The summed E-state index contributed by atoms with van der Waals surface area (Å²) < 4.78 is 12.2. The third kappa shape index (κ3) is 5.34. The Bertz CT molecular complexity index is 1220. The van der Waals surface area contributed by atoms with Crippen molar-refractivity contribution in [3.63, 3.8) is 0 Å². The SMILES string of the molecule is CN(C)C/C=C/C(=O)Nc1cc2cccnc2cc1O[C@]1(Nc2ccccc2)CCO[C@@H]1C#N. The second kappa shape index (κ2) is 10.3. The summed E-state index contributed by atoms with van der Waals surface area (Å²) in [6, 6.07) is 19.1. The van der Waals surface area contributed by atoms with Gasteiger partial charge in [0.25, 0.3) is 0 Å². The molecule has 34 heavy (non-hydrogen) atoms. The monoisotopic (exact) mass is 457 g/mol. The van der Waals surface area contributed by atoms with Crippen LogP contribution in [0.4, 0.5) is 11.4 Å². The number of nitrogens with one attached hydrogen (secondary N) is 2. The first kappa shape index (κ1) is 23.2. The molecule has 0 radical (unpaired) electrons. The zero-order chi connectivity index (χ0) is 24.0. The van der Waals surface area contributed by atoms with Gasteiger partial charge in [-0.1, -0.05) is 30.3 Å². The molecule has 2 aromatic carbocycles. The molecule has 2 heterocycles. The van der Waals surface area contributed by atoms with Crippen LogP contribution in [0.5, 0.6) is 5.75 Å². The van der Waals surface area contributed by atoms with Crippen molar-refractivity contribution in [2.45, 2.75) is 18.2 Å². The number of amides is 1. The summed E-state index contributed by atoms with van der Waals surface area (Å²) in [4.78, 5) is 19.0. The van der Waals surface area contributed by atoms with Gasteiger partial charge >= 0.3 is 0 Å². The van der Waals surface area contributed by atoms with E-state index < -0.39 is 11.8 Å². The van der Waals surface area contributed by atoms with E-state index >= 15 is 0 Å². The van der Waals surface area contributed by atoms with Gasteiger partial charge in [-0.05, 0) is 38.4 Å². The van der Waals surface area contributed by atoms with E-state index in [1.54, 1.807) is 18.3 Å². The normalized spacial score (nSPS) is 19.9. The van der Waals surface area contributed by atoms with E-state index in [0.717, 1.165) is 11.1 Å². The van der Waals surface area contributed by atoms with Crippen molar-refractivity contribution >= 4 is 28.2 Å². The Morgan fingerprint density at radius 3 is 2.88 bits per heavy atom. The van der Waals surface area contributed by atoms with Crippen molar-refractivity contribution < 1.29 is 14.3 Å². The number of fused-ring (bicyclic) bond motifs is 1. The van der Waals surface area contributed by atoms with Crippen molar-refractivity contribution in [1.82, 2.24) is 9.88 Å². The van der Waals surface area contributed by atoms with Gasteiger partial charge in [0.1, 0.15) is 11.8 Å². The number of carbonyl (C=O) groups is 1. The predicted octanol–water partition coefficient (Wildman–Crippen LogP) is 3.79. The van der Waals surface area contributed by atoms with Crippen molar-refractivity contribution in [2.24, 2.45) is 0 Å². The van der Waals surface area contributed by atoms with Gasteiger partial charge in [0, 0.05) is 42.4 Å². The summed E-state index contributed by atoms with van der Waals surface area (Å²) in [5.41, 5.74) is 0.849. The van der Waals surface area contributed by atoms with Crippen LogP contribution < -0.4 is 15.4 Å². The van der Waals surface area contributed by atoms with Crippen LogP contribution in [0.25, 0.3) is 10.9 Å². The molecule has 1 aliphatic heterocycles. The molecule has 174 valence electrons. The number of aromatic nitrogens is 1. The number of carbonyl (C=O) groups excluding carboxylic acids is 1. The molecule has 1 amide bonds. The smallest absolute Gasteiger partial charge is 0.248 e. The second-order valence-electron chi connectivity index (χ2n) is 8.31. The van der Waals surface area contributed by atoms with Crippen molar-refractivity contribution in [1.29, 1.82) is 5.26 Å². The second-order valence-corrected chi connectivity index (χ2v) is 8.31. The summed E-state index contributed by atoms with van der Waals surface area (Å²) >= 11 is 0. The Labute approximate surface area is 198 Å². The molecule has 1 saturated heterocycles. The Hall–Kier alpha value is -3.93. The highest BCUT2D eigenvalue weighted by Gasteiger charge is 2.48. The molecule has 0 unspecified atom stereocenters. The van der Waals surface area contributed by atoms with Crippen LogP contribution in [-0.4, -0.2) is 54.9 Å². The van der Waals surface area contributed by atoms with Gasteiger partial charge in [-0.15, -0.1) is 0 Å². The first-order chi connectivity index (χ1) is 16.5. The standard InChI is InChI=1S/C26H27N5O3/c1-31(2)14-7-11-25(32)29-22-16-19-8-6-13-28-21(19)17-23(22)34-26(12-15-33-24(26)18-27)30-20-9-4-3-5-10-20/h3-11,13,16-17,24,30H,12,14-15H2,1-2H3,(H,29,32)/b11-7+/t24-,26-/m1/s1. The van der Waals surface area contributed by atoms with Crippen LogP contribution in [0.1, 0.15) is 6.42 Å². The fourth-order valence-electron chi connectivity index (χ4n) is 3.78. The maximum Gasteiger partial charge on any atom is 0.248 e. The molecule has 0 bridgehead atoms. The lowest BCUT2D eigenvalue weighted by Crippen LogP contribution is -2.50. The minimum atomic E-state index is -1.14. The lowest BCUT2D eigenvalue weighted by Gasteiger charge is -2.34. The van der Waals surface area contributed by atoms with Gasteiger partial charge in [0.2, 0.25) is 17.7 Å². The molecule has 4 rings (SSSR count). The molecule has 3 aromatic rings. The first-order valence-corrected chi connectivity index (χ1v) is 11.0. The molecule has 1 aromatic heterocycles. The lowest BCUT2D eigenvalue weighted by atomic mass is 10.0. The van der Waals surface area contributed by atoms with Crippen molar-refractivity contribution in [2.75, 3.05) is 37.9 Å². The molecule has 0 saturated carbocycles. The van der Waals surface area contributed by atoms with E-state index in [1.165, 1.54) is 6.08 Å². The third-order valence-corrected chi connectivity index (χ3v) is 5.42. The highest BCUT2D eigenvalue weighted by Crippen LogP contribution is 2.38. The van der Waals surface area contributed by atoms with Gasteiger partial charge in [-0.3, -0.25) is 9.78 Å². The van der Waals surface area contributed by atoms with Crippen LogP contribution >= 0.6 is 0 Å². The first-order valence-electron chi connectivity index (χ1n) is 11.0. The fraction of sp³-hybridized carbons (Fsp3) is 0.269. The third-order valence-electron chi connectivity index (χ3n) is 5.42. The van der Waals surface area contributed by atoms with Gasteiger partial charge in [-0.2, -0.15) is 5.26 Å². The molecule has 2 atom stereocenters. The number of anilines is 2. The van der Waals surface area contributed by atoms with E-state index in [1.807, 2.05) is 67.5 Å². The molecular weight excluding hydrogens is 430 g/mol. The number of hydrogen-bond acceptors (Lipinski definition) is 7. The molecule has 8 nitrogen and oxygen atoms in total. The number of nitriles is 1. The average molecular weight is 458 g/mol. The average Bonchev–Trinajstić information content (AvgIpc) is 3.21. The number of rotatable bonds is 8. The highest BCUT2D eigenvalue weighted by molar-refractivity contribution is 6.02. The van der Waals surface area contributed by atoms with Gasteiger partial charge in [0.05, 0.1) is 17.8 Å². The van der Waals surface area contributed by atoms with Gasteiger partial charge in [0.15, 0.2) is 0 Å². The van der Waals surface area contributed by atoms with Crippen LogP contribution in [0, 0.1) is 11.3 Å². The van der Waals surface area contributed by atoms with E-state index in [0.29, 0.717) is 36.5 Å². The number of pyridine rings is 1. The number of para-hydroxylation sites is 1. The summed E-state index contributed by atoms with van der Waals surface area (Å²) in [6.45, 7) is 1.00. The number of likely N-dealkylation sites (N-methyl/N-ethyl adjacent to an activating group) is 1. The topological polar surface area (TPSA) is 99.5 Å². The summed E-state index contributed by atoms with van der Waals surface area (Å²) in [6.07, 6.45) is 4.56. The molecule has 0 spiro atoms. The van der Waals surface area contributed by atoms with E-state index in [9.17, 15) is 10.1 Å². The molecule has 1 fully saturated rings. The van der Waals surface area contributed by atoms with Crippen LogP contribution in [0.3, 0.4) is 0 Å². The van der Waals surface area contributed by atoms with E-state index in [2.05, 4.69) is 21.7 Å². The Morgan fingerprint density at radius 1 is 1.29 bits per heavy atom. The Kier molecular flexibility index (Phi) is 7.07. The van der Waals surface area contributed by atoms with Crippen molar-refractivity contribution in [3.8, 4) is 11.8 Å². The number of ether oxygens (including phenoxy) is 2. The summed E-state index contributed by atoms with van der Waals surface area (Å²) in [5.74, 6) is 0.120. The zero-order valence-electron chi connectivity index (χ0n) is 19.2. The maximum absolute atomic E-state index is 12.6. The van der Waals surface area contributed by atoms with Crippen LogP contribution in [-0.2, 0) is 9.53 Å². The molecule has 2 N–H and O–H groups in total. The fourth-order valence-corrected chi connectivity index (χ4v) is 3.78. The van der Waals surface area contributed by atoms with Crippen LogP contribution in [0.15, 0.2) is 72.9 Å². The van der Waals surface area contributed by atoms with Gasteiger partial charge in [-0.25, -0.2) is 0 Å². The number of nitrogens with zero attached hydrogens (tertiary/aromatic N) is 3. The largest absolute Gasteiger partial charge is 0.462 e. The summed E-state index contributed by atoms with van der Waals surface area (Å²) in [7, 11) is 3.86. The quantitative estimate of drug-likeness (QED) is 0.392. The van der Waals surface area contributed by atoms with E-state index in [4.69, 9.17) is 9.47 Å². The zero-order valence-corrected chi connectivity index (χ0v) is 19.2. The Balaban J connectivity index is 1.70. The Morgan fingerprint density at radius 2 is 2.12 bits per heavy atom. The predicted molar refractivity (Wildman–Crippen MR) is 131 cm³/mol. The molecular formula is C26H27N5O3. The lowest BCUT2D eigenvalue weighted by molar-refractivity contribution is -0.111. The molecule has 8 heteroatoms.